The summed E-state index contributed by atoms with van der Waals surface area (Å²) in [5.41, 5.74) is -1.65. The Morgan fingerprint density at radius 3 is 2.40 bits per heavy atom. The average Bonchev–Trinajstić information content (AvgIpc) is 2.17. The van der Waals surface area contributed by atoms with Crippen LogP contribution < -0.4 is 0 Å². The number of para-hydroxylation sites is 1. The van der Waals surface area contributed by atoms with Crippen molar-refractivity contribution in [3.05, 3.63) is 38.4 Å². The second-order valence-corrected chi connectivity index (χ2v) is 2.38. The number of nitro benzene ring substituents is 2. The van der Waals surface area contributed by atoms with Gasteiger partial charge >= 0.3 is 11.4 Å². The van der Waals surface area contributed by atoms with E-state index in [0.717, 1.165) is 6.07 Å². The highest BCUT2D eigenvalue weighted by atomic mass is 16.6. The first kappa shape index (κ1) is 10.5. The van der Waals surface area contributed by atoms with Crippen LogP contribution in [0, 0.1) is 25.6 Å². The summed E-state index contributed by atoms with van der Waals surface area (Å²) >= 11 is 0. The molecule has 1 aromatic carbocycles. The van der Waals surface area contributed by atoms with Crippen molar-refractivity contribution in [2.45, 2.75) is 0 Å². The second kappa shape index (κ2) is 4.07. The van der Waals surface area contributed by atoms with Gasteiger partial charge in [-0.05, 0) is 6.07 Å². The SMILES string of the molecule is N=C=Nc1cccc([N+](=O)[O-])c1[N+](=O)[O-]. The predicted octanol–water partition coefficient (Wildman–Crippen LogP) is 1.89. The van der Waals surface area contributed by atoms with Crippen LogP contribution in [0.15, 0.2) is 23.2 Å². The molecular weight excluding hydrogens is 204 g/mol. The molecule has 0 saturated heterocycles. The molecule has 0 aromatic heterocycles. The lowest BCUT2D eigenvalue weighted by molar-refractivity contribution is -0.421. The lowest BCUT2D eigenvalue weighted by Gasteiger charge is -1.96. The zero-order chi connectivity index (χ0) is 11.4. The van der Waals surface area contributed by atoms with E-state index >= 15 is 0 Å². The highest BCUT2D eigenvalue weighted by Crippen LogP contribution is 2.35. The predicted molar refractivity (Wildman–Crippen MR) is 49.6 cm³/mol. The first-order valence-electron chi connectivity index (χ1n) is 3.62. The molecule has 0 bridgehead atoms. The Morgan fingerprint density at radius 2 is 1.93 bits per heavy atom. The smallest absolute Gasteiger partial charge is 0.258 e. The molecule has 0 heterocycles. The number of hydrogen-bond acceptors (Lipinski definition) is 6. The molecule has 0 aliphatic carbocycles. The Morgan fingerprint density at radius 1 is 1.27 bits per heavy atom. The third kappa shape index (κ3) is 2.01. The minimum Gasteiger partial charge on any atom is -0.258 e. The zero-order valence-corrected chi connectivity index (χ0v) is 7.21. The van der Waals surface area contributed by atoms with Crippen LogP contribution in [0.5, 0.6) is 0 Å². The van der Waals surface area contributed by atoms with E-state index in [1.54, 1.807) is 6.01 Å². The molecule has 8 nitrogen and oxygen atoms in total. The average molecular weight is 208 g/mol. The summed E-state index contributed by atoms with van der Waals surface area (Å²) in [4.78, 5) is 22.5. The van der Waals surface area contributed by atoms with E-state index in [9.17, 15) is 20.2 Å². The monoisotopic (exact) mass is 208 g/mol. The van der Waals surface area contributed by atoms with E-state index in [2.05, 4.69) is 4.99 Å². The Kier molecular flexibility index (Phi) is 2.85. The molecular formula is C7H4N4O4. The van der Waals surface area contributed by atoms with Crippen molar-refractivity contribution in [2.75, 3.05) is 0 Å². The van der Waals surface area contributed by atoms with Crippen molar-refractivity contribution >= 4 is 23.1 Å². The first-order valence-corrected chi connectivity index (χ1v) is 3.62. The molecule has 0 radical (unpaired) electrons. The van der Waals surface area contributed by atoms with Crippen LogP contribution in [-0.4, -0.2) is 15.9 Å². The van der Waals surface area contributed by atoms with Crippen molar-refractivity contribution < 1.29 is 9.85 Å². The van der Waals surface area contributed by atoms with Crippen molar-refractivity contribution in [1.82, 2.24) is 0 Å². The molecule has 0 aliphatic heterocycles. The van der Waals surface area contributed by atoms with Crippen LogP contribution in [0.25, 0.3) is 0 Å². The fraction of sp³-hybridized carbons (Fsp3) is 0. The van der Waals surface area contributed by atoms with Gasteiger partial charge in [0.2, 0.25) is 0 Å². The molecule has 0 fully saturated rings. The van der Waals surface area contributed by atoms with Crippen molar-refractivity contribution in [3.8, 4) is 0 Å². The number of nitrogens with zero attached hydrogens (tertiary/aromatic N) is 3. The zero-order valence-electron chi connectivity index (χ0n) is 7.21. The number of rotatable bonds is 3. The first-order chi connectivity index (χ1) is 7.07. The maximum Gasteiger partial charge on any atom is 0.372 e. The molecule has 0 unspecified atom stereocenters. The summed E-state index contributed by atoms with van der Waals surface area (Å²) in [5, 5.41) is 27.6. The van der Waals surface area contributed by atoms with Gasteiger partial charge in [-0.15, -0.1) is 0 Å². The molecule has 1 N–H and O–H groups in total. The standard InChI is InChI=1S/C7H4N4O4/c8-4-9-5-2-1-3-6(10(12)13)7(5)11(14)15/h1-3,8H. The van der Waals surface area contributed by atoms with Crippen LogP contribution in [0.2, 0.25) is 0 Å². The van der Waals surface area contributed by atoms with Crippen LogP contribution in [0.4, 0.5) is 17.1 Å². The summed E-state index contributed by atoms with van der Waals surface area (Å²) in [6, 6.07) is 5.05. The maximum atomic E-state index is 10.6. The quantitative estimate of drug-likeness (QED) is 0.462. The molecule has 1 rings (SSSR count). The largest absolute Gasteiger partial charge is 0.372 e. The summed E-state index contributed by atoms with van der Waals surface area (Å²) < 4.78 is 0. The maximum absolute atomic E-state index is 10.6. The van der Waals surface area contributed by atoms with Gasteiger partial charge < -0.3 is 0 Å². The molecule has 0 atom stereocenters. The summed E-state index contributed by atoms with van der Waals surface area (Å²) in [7, 11) is 0. The minimum absolute atomic E-state index is 0.260. The number of nitrogens with one attached hydrogen (secondary N) is 1. The summed E-state index contributed by atoms with van der Waals surface area (Å²) in [6.45, 7) is 0. The fourth-order valence-corrected chi connectivity index (χ4v) is 1.00. The highest BCUT2D eigenvalue weighted by Gasteiger charge is 2.27. The highest BCUT2D eigenvalue weighted by molar-refractivity contribution is 5.71. The third-order valence-corrected chi connectivity index (χ3v) is 1.55. The molecule has 0 aliphatic rings. The number of hydrogen-bond donors (Lipinski definition) is 1. The third-order valence-electron chi connectivity index (χ3n) is 1.55. The van der Waals surface area contributed by atoms with Gasteiger partial charge in [-0.2, -0.15) is 4.99 Å². The van der Waals surface area contributed by atoms with E-state index in [4.69, 9.17) is 5.41 Å². The van der Waals surface area contributed by atoms with Crippen molar-refractivity contribution in [2.24, 2.45) is 4.99 Å². The normalized spacial score (nSPS) is 9.07. The molecule has 0 spiro atoms. The Bertz CT molecular complexity index is 458. The molecule has 15 heavy (non-hydrogen) atoms. The van der Waals surface area contributed by atoms with Gasteiger partial charge in [-0.25, -0.2) is 5.41 Å². The van der Waals surface area contributed by atoms with Crippen LogP contribution in [-0.2, 0) is 0 Å². The molecule has 8 heteroatoms. The van der Waals surface area contributed by atoms with Gasteiger partial charge in [-0.1, -0.05) is 6.07 Å². The fourth-order valence-electron chi connectivity index (χ4n) is 1.00. The Hall–Kier alpha value is -2.60. The summed E-state index contributed by atoms with van der Waals surface area (Å²) in [5.74, 6) is 0. The van der Waals surface area contributed by atoms with E-state index in [-0.39, 0.29) is 5.69 Å². The van der Waals surface area contributed by atoms with Gasteiger partial charge in [-0.3, -0.25) is 20.2 Å². The van der Waals surface area contributed by atoms with Gasteiger partial charge in [0.15, 0.2) is 5.69 Å². The van der Waals surface area contributed by atoms with Gasteiger partial charge in [0.05, 0.1) is 15.9 Å². The minimum atomic E-state index is -0.908. The number of nitro groups is 2. The topological polar surface area (TPSA) is 122 Å². The lowest BCUT2D eigenvalue weighted by Crippen LogP contribution is -1.96. The van der Waals surface area contributed by atoms with Gasteiger partial charge in [0.1, 0.15) is 0 Å². The van der Waals surface area contributed by atoms with E-state index in [1.165, 1.54) is 12.1 Å². The molecule has 76 valence electrons. The Balaban J connectivity index is 3.55. The van der Waals surface area contributed by atoms with Crippen LogP contribution in [0.3, 0.4) is 0 Å². The molecule has 1 aromatic rings. The van der Waals surface area contributed by atoms with Crippen LogP contribution in [0.1, 0.15) is 0 Å². The van der Waals surface area contributed by atoms with E-state index < -0.39 is 21.2 Å². The summed E-state index contributed by atoms with van der Waals surface area (Å²) in [6.07, 6.45) is 0. The lowest BCUT2D eigenvalue weighted by atomic mass is 10.2. The van der Waals surface area contributed by atoms with Crippen molar-refractivity contribution in [1.29, 1.82) is 5.41 Å². The molecule has 0 amide bonds. The number of aliphatic imine (C=N–C) groups is 1. The second-order valence-electron chi connectivity index (χ2n) is 2.38. The van der Waals surface area contributed by atoms with Gasteiger partial charge in [0.25, 0.3) is 0 Å². The van der Waals surface area contributed by atoms with Crippen molar-refractivity contribution in [3.63, 3.8) is 0 Å². The van der Waals surface area contributed by atoms with Gasteiger partial charge in [0, 0.05) is 6.07 Å². The van der Waals surface area contributed by atoms with E-state index in [0.29, 0.717) is 0 Å². The molecule has 0 saturated carbocycles. The number of benzene rings is 1. The van der Waals surface area contributed by atoms with E-state index in [1.807, 2.05) is 0 Å². The Labute approximate surface area is 82.7 Å². The van der Waals surface area contributed by atoms with Crippen LogP contribution >= 0.6 is 0 Å².